The van der Waals surface area contributed by atoms with E-state index in [0.717, 1.165) is 6.42 Å². The minimum absolute atomic E-state index is 0.255. The van der Waals surface area contributed by atoms with Crippen LogP contribution in [0.3, 0.4) is 0 Å². The van der Waals surface area contributed by atoms with Crippen molar-refractivity contribution in [2.24, 2.45) is 0 Å². The lowest BCUT2D eigenvalue weighted by Crippen LogP contribution is -2.50. The zero-order chi connectivity index (χ0) is 22.2. The number of nitrogens with zero attached hydrogens (tertiary/aromatic N) is 5. The van der Waals surface area contributed by atoms with Crippen LogP contribution in [0, 0.1) is 0 Å². The molecule has 1 amide bonds. The fourth-order valence-electron chi connectivity index (χ4n) is 3.49. The number of fused-ring (bicyclic) bond motifs is 1. The minimum Gasteiger partial charge on any atom is -0.427 e. The Bertz CT molecular complexity index is 1340. The van der Waals surface area contributed by atoms with Crippen LogP contribution in [-0.4, -0.2) is 54.4 Å². The minimum atomic E-state index is -0.538. The number of pyridine rings is 1. The van der Waals surface area contributed by atoms with Gasteiger partial charge in [-0.1, -0.05) is 0 Å². The van der Waals surface area contributed by atoms with Crippen LogP contribution in [0.2, 0.25) is 0 Å². The maximum atomic E-state index is 12.9. The number of hydrogen-bond donors (Lipinski definition) is 4. The zero-order valence-electron chi connectivity index (χ0n) is 17.0. The predicted molar refractivity (Wildman–Crippen MR) is 114 cm³/mol. The molecule has 1 saturated carbocycles. The summed E-state index contributed by atoms with van der Waals surface area (Å²) >= 11 is 0. The molecule has 0 unspecified atom stereocenters. The SMILES string of the molecule is CNc1cc(Nc2cccn(-c3cnco3)c2=O)nc2c(C(=O)N[C@@H]3CC[C@@H]3O)cnn12. The molecule has 1 aliphatic rings. The smallest absolute Gasteiger partial charge is 0.281 e. The van der Waals surface area contributed by atoms with Gasteiger partial charge in [-0.25, -0.2) is 9.97 Å². The highest BCUT2D eigenvalue weighted by molar-refractivity contribution is 6.00. The summed E-state index contributed by atoms with van der Waals surface area (Å²) in [7, 11) is 1.71. The van der Waals surface area contributed by atoms with Crippen molar-refractivity contribution in [1.29, 1.82) is 0 Å². The molecule has 0 bridgehead atoms. The van der Waals surface area contributed by atoms with Gasteiger partial charge in [0.1, 0.15) is 22.9 Å². The second-order valence-corrected chi connectivity index (χ2v) is 7.36. The highest BCUT2D eigenvalue weighted by Gasteiger charge is 2.31. The quantitative estimate of drug-likeness (QED) is 0.345. The molecule has 4 aromatic rings. The molecule has 5 rings (SSSR count). The van der Waals surface area contributed by atoms with Gasteiger partial charge in [-0.3, -0.25) is 14.2 Å². The molecular formula is C20H20N8O4. The van der Waals surface area contributed by atoms with Gasteiger partial charge in [0.25, 0.3) is 11.5 Å². The van der Waals surface area contributed by atoms with Gasteiger partial charge in [0.15, 0.2) is 12.0 Å². The first-order valence-electron chi connectivity index (χ1n) is 9.98. The van der Waals surface area contributed by atoms with Crippen molar-refractivity contribution in [1.82, 2.24) is 29.5 Å². The van der Waals surface area contributed by atoms with Crippen LogP contribution >= 0.6 is 0 Å². The Morgan fingerprint density at radius 2 is 2.19 bits per heavy atom. The molecule has 4 heterocycles. The zero-order valence-corrected chi connectivity index (χ0v) is 17.0. The molecule has 12 heteroatoms. The fourth-order valence-corrected chi connectivity index (χ4v) is 3.49. The highest BCUT2D eigenvalue weighted by atomic mass is 16.4. The first kappa shape index (κ1) is 19.8. The van der Waals surface area contributed by atoms with Crippen LogP contribution in [-0.2, 0) is 0 Å². The number of aliphatic hydroxyl groups excluding tert-OH is 1. The van der Waals surface area contributed by atoms with Crippen molar-refractivity contribution in [3.8, 4) is 5.88 Å². The van der Waals surface area contributed by atoms with Crippen LogP contribution in [0.4, 0.5) is 17.3 Å². The van der Waals surface area contributed by atoms with Crippen LogP contribution in [0.1, 0.15) is 23.2 Å². The summed E-state index contributed by atoms with van der Waals surface area (Å²) in [6, 6.07) is 4.69. The van der Waals surface area contributed by atoms with Crippen LogP contribution in [0.5, 0.6) is 0 Å². The Labute approximate surface area is 180 Å². The molecule has 2 atom stereocenters. The van der Waals surface area contributed by atoms with E-state index in [1.807, 2.05) is 0 Å². The monoisotopic (exact) mass is 436 g/mol. The Kier molecular flexibility index (Phi) is 4.82. The highest BCUT2D eigenvalue weighted by Crippen LogP contribution is 2.23. The predicted octanol–water partition coefficient (Wildman–Crippen LogP) is 0.907. The first-order valence-corrected chi connectivity index (χ1v) is 9.98. The van der Waals surface area contributed by atoms with E-state index in [4.69, 9.17) is 4.42 Å². The summed E-state index contributed by atoms with van der Waals surface area (Å²) < 4.78 is 8.02. The maximum absolute atomic E-state index is 12.9. The third-order valence-electron chi connectivity index (χ3n) is 5.39. The van der Waals surface area contributed by atoms with Gasteiger partial charge < -0.3 is 25.5 Å². The standard InChI is InChI=1S/C20H20N8O4/c1-21-16-7-15(24-13-3-2-6-27(20(13)31)17-9-22-10-32-17)26-18-11(8-23-28(16)18)19(30)25-12-4-5-14(12)29/h2-3,6-10,12,14,21,29H,4-5H2,1H3,(H,24,26)(H,25,30)/t12-,14+/m1/s1. The van der Waals surface area contributed by atoms with E-state index < -0.39 is 6.10 Å². The molecule has 32 heavy (non-hydrogen) atoms. The van der Waals surface area contributed by atoms with Crippen molar-refractivity contribution >= 4 is 28.9 Å². The van der Waals surface area contributed by atoms with E-state index in [-0.39, 0.29) is 34.6 Å². The van der Waals surface area contributed by atoms with E-state index in [9.17, 15) is 14.7 Å². The number of hydrogen-bond acceptors (Lipinski definition) is 9. The molecular weight excluding hydrogens is 416 g/mol. The molecule has 0 aromatic carbocycles. The van der Waals surface area contributed by atoms with E-state index in [2.05, 4.69) is 31.0 Å². The second kappa shape index (κ2) is 7.81. The Morgan fingerprint density at radius 1 is 1.31 bits per heavy atom. The van der Waals surface area contributed by atoms with Gasteiger partial charge in [-0.2, -0.15) is 9.61 Å². The molecule has 164 valence electrons. The van der Waals surface area contributed by atoms with Crippen molar-refractivity contribution < 1.29 is 14.3 Å². The van der Waals surface area contributed by atoms with E-state index in [1.165, 1.54) is 27.9 Å². The number of anilines is 3. The van der Waals surface area contributed by atoms with Gasteiger partial charge in [-0.15, -0.1) is 0 Å². The third-order valence-corrected chi connectivity index (χ3v) is 5.39. The van der Waals surface area contributed by atoms with Crippen molar-refractivity contribution in [3.05, 3.63) is 59.1 Å². The number of aliphatic hydroxyl groups is 1. The Balaban J connectivity index is 1.50. The largest absolute Gasteiger partial charge is 0.427 e. The van der Waals surface area contributed by atoms with Gasteiger partial charge in [0, 0.05) is 19.3 Å². The lowest BCUT2D eigenvalue weighted by Gasteiger charge is -2.32. The molecule has 0 radical (unpaired) electrons. The number of amides is 1. The lowest BCUT2D eigenvalue weighted by molar-refractivity contribution is 0.0448. The van der Waals surface area contributed by atoms with Crippen LogP contribution in [0.15, 0.2) is 52.4 Å². The summed E-state index contributed by atoms with van der Waals surface area (Å²) in [5.41, 5.74) is 0.460. The van der Waals surface area contributed by atoms with E-state index >= 15 is 0 Å². The Morgan fingerprint density at radius 3 is 2.88 bits per heavy atom. The van der Waals surface area contributed by atoms with Gasteiger partial charge >= 0.3 is 0 Å². The fraction of sp³-hybridized carbons (Fsp3) is 0.250. The number of carbonyl (C=O) groups excluding carboxylic acids is 1. The molecule has 0 spiro atoms. The van der Waals surface area contributed by atoms with Gasteiger partial charge in [0.2, 0.25) is 5.88 Å². The van der Waals surface area contributed by atoms with Crippen molar-refractivity contribution in [3.63, 3.8) is 0 Å². The van der Waals surface area contributed by atoms with E-state index in [0.29, 0.717) is 23.7 Å². The molecule has 0 saturated heterocycles. The normalized spacial score (nSPS) is 17.7. The number of rotatable bonds is 6. The van der Waals surface area contributed by atoms with Crippen LogP contribution in [0.25, 0.3) is 11.5 Å². The molecule has 4 N–H and O–H groups in total. The van der Waals surface area contributed by atoms with Gasteiger partial charge in [-0.05, 0) is 25.0 Å². The summed E-state index contributed by atoms with van der Waals surface area (Å²) in [5, 5.41) is 22.8. The molecule has 4 aromatic heterocycles. The Hall–Kier alpha value is -4.19. The molecule has 0 aliphatic heterocycles. The summed E-state index contributed by atoms with van der Waals surface area (Å²) in [4.78, 5) is 34.0. The number of nitrogens with one attached hydrogen (secondary N) is 3. The molecule has 1 fully saturated rings. The second-order valence-electron chi connectivity index (χ2n) is 7.36. The average molecular weight is 436 g/mol. The number of aromatic nitrogens is 5. The summed E-state index contributed by atoms with van der Waals surface area (Å²) in [6.45, 7) is 0. The third kappa shape index (κ3) is 3.36. The topological polar surface area (TPSA) is 152 Å². The number of carbonyl (C=O) groups is 1. The molecule has 1 aliphatic carbocycles. The lowest BCUT2D eigenvalue weighted by atomic mass is 9.89. The average Bonchev–Trinajstić information content (AvgIpc) is 3.47. The van der Waals surface area contributed by atoms with Crippen molar-refractivity contribution in [2.75, 3.05) is 17.7 Å². The maximum Gasteiger partial charge on any atom is 0.281 e. The van der Waals surface area contributed by atoms with Crippen LogP contribution < -0.4 is 21.5 Å². The summed E-state index contributed by atoms with van der Waals surface area (Å²) in [5.74, 6) is 0.813. The van der Waals surface area contributed by atoms with E-state index in [1.54, 1.807) is 31.4 Å². The van der Waals surface area contributed by atoms with Crippen molar-refractivity contribution in [2.45, 2.75) is 25.0 Å². The molecule has 12 nitrogen and oxygen atoms in total. The van der Waals surface area contributed by atoms with Gasteiger partial charge in [0.05, 0.1) is 24.5 Å². The number of oxazole rings is 1. The summed E-state index contributed by atoms with van der Waals surface area (Å²) in [6.07, 6.45) is 6.52. The first-order chi connectivity index (χ1) is 15.5.